The van der Waals surface area contributed by atoms with Crippen LogP contribution >= 0.6 is 0 Å². The van der Waals surface area contributed by atoms with Gasteiger partial charge in [0.15, 0.2) is 0 Å². The number of methoxy groups -OCH3 is 1. The Labute approximate surface area is 174 Å². The summed E-state index contributed by atoms with van der Waals surface area (Å²) in [6.45, 7) is 14.2. The molecule has 1 aliphatic heterocycles. The molecule has 0 aromatic heterocycles. The molecule has 2 aromatic rings. The molecule has 0 amide bonds. The van der Waals surface area contributed by atoms with Gasteiger partial charge in [-0.1, -0.05) is 13.0 Å². The Kier molecular flexibility index (Phi) is 5.83. The summed E-state index contributed by atoms with van der Waals surface area (Å²) >= 11 is 0. The molecule has 29 heavy (non-hydrogen) atoms. The number of hydrogen-bond acceptors (Lipinski definition) is 4. The van der Waals surface area contributed by atoms with Crippen molar-refractivity contribution in [1.29, 1.82) is 0 Å². The first-order valence-electron chi connectivity index (χ1n) is 10.3. The van der Waals surface area contributed by atoms with Crippen molar-refractivity contribution in [1.82, 2.24) is 0 Å². The van der Waals surface area contributed by atoms with Crippen LogP contribution in [0.4, 0.5) is 11.4 Å². The topological polar surface area (TPSA) is 41.9 Å². The highest BCUT2D eigenvalue weighted by Gasteiger charge is 2.35. The van der Waals surface area contributed by atoms with Gasteiger partial charge in [0, 0.05) is 24.0 Å². The minimum absolute atomic E-state index is 0.161. The summed E-state index contributed by atoms with van der Waals surface area (Å²) in [5.74, 6) is 0.167. The van der Waals surface area contributed by atoms with Gasteiger partial charge in [0.1, 0.15) is 0 Å². The van der Waals surface area contributed by atoms with Crippen molar-refractivity contribution in [2.75, 3.05) is 18.6 Å². The molecular weight excluding hydrogens is 360 g/mol. The summed E-state index contributed by atoms with van der Waals surface area (Å²) in [6.07, 6.45) is 3.05. The van der Waals surface area contributed by atoms with E-state index in [-0.39, 0.29) is 11.5 Å². The quantitative estimate of drug-likeness (QED) is 0.477. The second kappa shape index (κ2) is 8.02. The van der Waals surface area contributed by atoms with Gasteiger partial charge in [-0.05, 0) is 93.5 Å². The second-order valence-electron chi connectivity index (χ2n) is 8.63. The number of ether oxygens (including phenoxy) is 1. The summed E-state index contributed by atoms with van der Waals surface area (Å²) in [4.78, 5) is 19.2. The van der Waals surface area contributed by atoms with E-state index in [9.17, 15) is 4.79 Å². The molecule has 0 radical (unpaired) electrons. The maximum absolute atomic E-state index is 11.9. The fourth-order valence-electron chi connectivity index (χ4n) is 4.62. The van der Waals surface area contributed by atoms with Gasteiger partial charge in [-0.2, -0.15) is 0 Å². The van der Waals surface area contributed by atoms with E-state index in [4.69, 9.17) is 9.73 Å². The summed E-state index contributed by atoms with van der Waals surface area (Å²) < 4.78 is 4.87. The van der Waals surface area contributed by atoms with Gasteiger partial charge in [-0.15, -0.1) is 0 Å². The molecule has 1 unspecified atom stereocenters. The normalized spacial score (nSPS) is 18.0. The number of benzene rings is 2. The molecular formula is C25H32N2O2. The van der Waals surface area contributed by atoms with Crippen LogP contribution in [0.3, 0.4) is 0 Å². The summed E-state index contributed by atoms with van der Waals surface area (Å²) in [7, 11) is 1.40. The van der Waals surface area contributed by atoms with Crippen molar-refractivity contribution in [2.45, 2.75) is 59.4 Å². The van der Waals surface area contributed by atoms with Gasteiger partial charge in [0.05, 0.1) is 18.4 Å². The first kappa shape index (κ1) is 21.1. The second-order valence-corrected chi connectivity index (χ2v) is 8.63. The van der Waals surface area contributed by atoms with Crippen LogP contribution in [-0.2, 0) is 4.74 Å². The number of aliphatic imine (C=N–C) groups is 1. The molecule has 0 N–H and O–H groups in total. The van der Waals surface area contributed by atoms with Gasteiger partial charge >= 0.3 is 5.97 Å². The van der Waals surface area contributed by atoms with Crippen molar-refractivity contribution in [2.24, 2.45) is 4.99 Å². The number of esters is 1. The number of rotatable bonds is 4. The fourth-order valence-corrected chi connectivity index (χ4v) is 4.62. The molecule has 0 saturated carbocycles. The van der Waals surface area contributed by atoms with Crippen LogP contribution in [0.5, 0.6) is 0 Å². The Bertz CT molecular complexity index is 960. The van der Waals surface area contributed by atoms with Crippen molar-refractivity contribution >= 4 is 23.6 Å². The molecule has 0 fully saturated rings. The van der Waals surface area contributed by atoms with Crippen LogP contribution < -0.4 is 4.90 Å². The van der Waals surface area contributed by atoms with Gasteiger partial charge in [0.2, 0.25) is 0 Å². The lowest BCUT2D eigenvalue weighted by Crippen LogP contribution is -2.48. The monoisotopic (exact) mass is 392 g/mol. The standard InChI is InChI=1S/C25H32N2O2/c1-8-27-23-12-16(2)19(13-21(23)17(3)14-25(27,5)6)15-26-22-11-9-10-20(18(22)4)24(28)29-7/h9-13,15,17H,8,14H2,1-7H3. The maximum atomic E-state index is 11.9. The third-order valence-electron chi connectivity index (χ3n) is 6.14. The average Bonchev–Trinajstić information content (AvgIpc) is 2.66. The first-order valence-corrected chi connectivity index (χ1v) is 10.3. The molecule has 1 heterocycles. The van der Waals surface area contributed by atoms with E-state index < -0.39 is 0 Å². The van der Waals surface area contributed by atoms with Crippen molar-refractivity contribution in [3.05, 3.63) is 58.1 Å². The molecule has 3 rings (SSSR count). The molecule has 0 aliphatic carbocycles. The minimum atomic E-state index is -0.333. The first-order chi connectivity index (χ1) is 13.7. The molecule has 154 valence electrons. The predicted molar refractivity (Wildman–Crippen MR) is 121 cm³/mol. The highest BCUT2D eigenvalue weighted by Crippen LogP contribution is 2.44. The molecule has 0 spiro atoms. The third kappa shape index (κ3) is 3.93. The number of nitrogens with zero attached hydrogens (tertiary/aromatic N) is 2. The van der Waals surface area contributed by atoms with E-state index >= 15 is 0 Å². The van der Waals surface area contributed by atoms with Gasteiger partial charge in [-0.25, -0.2) is 4.79 Å². The number of aryl methyl sites for hydroxylation is 1. The summed E-state index contributed by atoms with van der Waals surface area (Å²) in [5.41, 5.74) is 7.39. The van der Waals surface area contributed by atoms with Gasteiger partial charge in [0.25, 0.3) is 0 Å². The van der Waals surface area contributed by atoms with Gasteiger partial charge in [-0.3, -0.25) is 4.99 Å². The number of hydrogen-bond donors (Lipinski definition) is 0. The van der Waals surface area contributed by atoms with E-state index in [1.54, 1.807) is 6.07 Å². The number of carbonyl (C=O) groups is 1. The van der Waals surface area contributed by atoms with Crippen molar-refractivity contribution in [3.8, 4) is 0 Å². The Morgan fingerprint density at radius 2 is 2.03 bits per heavy atom. The Morgan fingerprint density at radius 3 is 2.69 bits per heavy atom. The fraction of sp³-hybridized carbons (Fsp3) is 0.440. The summed E-state index contributed by atoms with van der Waals surface area (Å²) in [6, 6.07) is 10.1. The van der Waals surface area contributed by atoms with Crippen LogP contribution in [-0.4, -0.2) is 31.4 Å². The Balaban J connectivity index is 2.00. The van der Waals surface area contributed by atoms with Crippen LogP contribution in [0.25, 0.3) is 0 Å². The largest absolute Gasteiger partial charge is 0.465 e. The molecule has 2 aromatic carbocycles. The lowest BCUT2D eigenvalue weighted by molar-refractivity contribution is 0.0600. The predicted octanol–water partition coefficient (Wildman–Crippen LogP) is 5.95. The van der Waals surface area contributed by atoms with Crippen LogP contribution in [0.2, 0.25) is 0 Å². The third-order valence-corrected chi connectivity index (χ3v) is 6.14. The molecule has 4 nitrogen and oxygen atoms in total. The lowest BCUT2D eigenvalue weighted by Gasteiger charge is -2.47. The summed E-state index contributed by atoms with van der Waals surface area (Å²) in [5, 5.41) is 0. The molecule has 1 atom stereocenters. The number of anilines is 1. The van der Waals surface area contributed by atoms with E-state index in [1.807, 2.05) is 25.3 Å². The zero-order valence-electron chi connectivity index (χ0n) is 18.7. The molecule has 1 aliphatic rings. The van der Waals surface area contributed by atoms with E-state index in [1.165, 1.54) is 23.9 Å². The minimum Gasteiger partial charge on any atom is -0.465 e. The van der Waals surface area contributed by atoms with E-state index in [2.05, 4.69) is 51.7 Å². The smallest absolute Gasteiger partial charge is 0.338 e. The van der Waals surface area contributed by atoms with E-state index in [0.717, 1.165) is 29.8 Å². The van der Waals surface area contributed by atoms with Crippen LogP contribution in [0, 0.1) is 13.8 Å². The van der Waals surface area contributed by atoms with Crippen LogP contribution in [0.1, 0.15) is 72.6 Å². The number of fused-ring (bicyclic) bond motifs is 1. The molecule has 0 saturated heterocycles. The Hall–Kier alpha value is -2.62. The van der Waals surface area contributed by atoms with Gasteiger partial charge < -0.3 is 9.64 Å². The average molecular weight is 393 g/mol. The Morgan fingerprint density at radius 1 is 1.31 bits per heavy atom. The highest BCUT2D eigenvalue weighted by molar-refractivity contribution is 5.93. The SMILES string of the molecule is CCN1c2cc(C)c(C=Nc3cccc(C(=O)OC)c3C)cc2C(C)CC1(C)C. The van der Waals surface area contributed by atoms with Crippen molar-refractivity contribution in [3.63, 3.8) is 0 Å². The highest BCUT2D eigenvalue weighted by atomic mass is 16.5. The number of carbonyl (C=O) groups excluding carboxylic acids is 1. The van der Waals surface area contributed by atoms with E-state index in [0.29, 0.717) is 11.5 Å². The maximum Gasteiger partial charge on any atom is 0.338 e. The molecule has 4 heteroatoms. The lowest BCUT2D eigenvalue weighted by atomic mass is 9.79. The van der Waals surface area contributed by atoms with Crippen molar-refractivity contribution < 1.29 is 9.53 Å². The zero-order chi connectivity index (χ0) is 21.3. The van der Waals surface area contributed by atoms with Crippen LogP contribution in [0.15, 0.2) is 35.3 Å². The zero-order valence-corrected chi connectivity index (χ0v) is 18.7. The molecule has 0 bridgehead atoms.